The molecule has 0 fully saturated rings. The zero-order valence-electron chi connectivity index (χ0n) is 9.45. The van der Waals surface area contributed by atoms with Crippen molar-refractivity contribution in [1.82, 2.24) is 0 Å². The maximum atomic E-state index is 10.3. The van der Waals surface area contributed by atoms with E-state index in [1.54, 1.807) is 25.3 Å². The summed E-state index contributed by atoms with van der Waals surface area (Å²) in [5.74, 6) is 0.755. The Kier molecular flexibility index (Phi) is 3.58. The van der Waals surface area contributed by atoms with Crippen LogP contribution in [0.2, 0.25) is 0 Å². The molecule has 0 heterocycles. The van der Waals surface area contributed by atoms with Gasteiger partial charge < -0.3 is 14.9 Å². The second-order valence-corrected chi connectivity index (χ2v) is 3.62. The van der Waals surface area contributed by atoms with E-state index < -0.39 is 5.60 Å². The summed E-state index contributed by atoms with van der Waals surface area (Å²) in [5.41, 5.74) is -0.439. The zero-order chi connectivity index (χ0) is 11.5. The van der Waals surface area contributed by atoms with Gasteiger partial charge >= 0.3 is 0 Å². The van der Waals surface area contributed by atoms with Crippen LogP contribution in [0.25, 0.3) is 0 Å². The van der Waals surface area contributed by atoms with E-state index in [9.17, 15) is 10.2 Å². The van der Waals surface area contributed by atoms with Gasteiger partial charge in [0.2, 0.25) is 0 Å². The molecular formula is C12H18O3. The van der Waals surface area contributed by atoms with E-state index >= 15 is 0 Å². The van der Waals surface area contributed by atoms with Gasteiger partial charge in [-0.15, -0.1) is 0 Å². The summed E-state index contributed by atoms with van der Waals surface area (Å²) in [6.45, 7) is 3.78. The van der Waals surface area contributed by atoms with E-state index in [4.69, 9.17) is 4.74 Å². The molecule has 0 aliphatic heterocycles. The van der Waals surface area contributed by atoms with Gasteiger partial charge in [0.15, 0.2) is 0 Å². The Morgan fingerprint density at radius 1 is 1.27 bits per heavy atom. The predicted octanol–water partition coefficient (Wildman–Crippen LogP) is 2.41. The number of ether oxygens (including phenoxy) is 1. The molecule has 2 N–H and O–H groups in total. The normalized spacial score (nSPS) is 11.5. The zero-order valence-corrected chi connectivity index (χ0v) is 9.45. The molecule has 3 nitrogen and oxygen atoms in total. The molecule has 0 radical (unpaired) electrons. The third-order valence-electron chi connectivity index (χ3n) is 2.87. The average Bonchev–Trinajstić information content (AvgIpc) is 2.28. The summed E-state index contributed by atoms with van der Waals surface area (Å²) in [6, 6.07) is 4.90. The van der Waals surface area contributed by atoms with Crippen LogP contribution in [-0.2, 0) is 5.60 Å². The minimum Gasteiger partial charge on any atom is -0.508 e. The summed E-state index contributed by atoms with van der Waals surface area (Å²) in [7, 11) is 1.56. The molecule has 1 rings (SSSR count). The van der Waals surface area contributed by atoms with Crippen LogP contribution in [0.3, 0.4) is 0 Å². The van der Waals surface area contributed by atoms with Crippen molar-refractivity contribution in [2.75, 3.05) is 7.11 Å². The first-order valence-corrected chi connectivity index (χ1v) is 5.17. The largest absolute Gasteiger partial charge is 0.508 e. The molecule has 84 valence electrons. The molecule has 0 atom stereocenters. The average molecular weight is 210 g/mol. The Balaban J connectivity index is 3.21. The molecule has 0 aliphatic rings. The Labute approximate surface area is 90.3 Å². The summed E-state index contributed by atoms with van der Waals surface area (Å²) < 4.78 is 5.07. The van der Waals surface area contributed by atoms with Crippen LogP contribution >= 0.6 is 0 Å². The minimum absolute atomic E-state index is 0.113. The first-order valence-electron chi connectivity index (χ1n) is 5.17. The number of hydrogen-bond donors (Lipinski definition) is 2. The number of phenols is 1. The number of aliphatic hydroxyl groups is 1. The lowest BCUT2D eigenvalue weighted by atomic mass is 9.88. The standard InChI is InChI=1S/C12H18O3/c1-4-12(14,5-2)10-8-9(15-3)6-7-11(10)13/h6-8,13-14H,4-5H2,1-3H3. The molecule has 0 unspecified atom stereocenters. The first kappa shape index (κ1) is 11.9. The Morgan fingerprint density at radius 3 is 2.33 bits per heavy atom. The van der Waals surface area contributed by atoms with Crippen molar-refractivity contribution in [3.8, 4) is 11.5 Å². The van der Waals surface area contributed by atoms with Crippen molar-refractivity contribution in [2.24, 2.45) is 0 Å². The maximum absolute atomic E-state index is 10.3. The van der Waals surface area contributed by atoms with E-state index in [-0.39, 0.29) is 5.75 Å². The van der Waals surface area contributed by atoms with Crippen LogP contribution in [0.15, 0.2) is 18.2 Å². The van der Waals surface area contributed by atoms with Crippen LogP contribution in [0, 0.1) is 0 Å². The molecule has 0 aromatic heterocycles. The van der Waals surface area contributed by atoms with Crippen molar-refractivity contribution in [1.29, 1.82) is 0 Å². The number of phenolic OH excluding ortho intramolecular Hbond substituents is 1. The van der Waals surface area contributed by atoms with Gasteiger partial charge in [-0.25, -0.2) is 0 Å². The highest BCUT2D eigenvalue weighted by molar-refractivity contribution is 5.42. The SMILES string of the molecule is CCC(O)(CC)c1cc(OC)ccc1O. The molecule has 1 aromatic carbocycles. The van der Waals surface area contributed by atoms with Gasteiger partial charge in [-0.05, 0) is 31.0 Å². The van der Waals surface area contributed by atoms with Gasteiger partial charge in [0.05, 0.1) is 12.7 Å². The minimum atomic E-state index is -0.974. The van der Waals surface area contributed by atoms with Crippen molar-refractivity contribution in [3.05, 3.63) is 23.8 Å². The molecule has 0 aliphatic carbocycles. The fraction of sp³-hybridized carbons (Fsp3) is 0.500. The quantitative estimate of drug-likeness (QED) is 0.802. The fourth-order valence-electron chi connectivity index (χ4n) is 1.65. The van der Waals surface area contributed by atoms with Gasteiger partial charge in [0.1, 0.15) is 11.5 Å². The monoisotopic (exact) mass is 210 g/mol. The lowest BCUT2D eigenvalue weighted by Gasteiger charge is -2.26. The number of hydrogen-bond acceptors (Lipinski definition) is 3. The van der Waals surface area contributed by atoms with E-state index in [2.05, 4.69) is 0 Å². The maximum Gasteiger partial charge on any atom is 0.121 e. The van der Waals surface area contributed by atoms with Gasteiger partial charge in [0, 0.05) is 5.56 Å². The second kappa shape index (κ2) is 4.53. The lowest BCUT2D eigenvalue weighted by Crippen LogP contribution is -2.23. The van der Waals surface area contributed by atoms with Gasteiger partial charge in [0.25, 0.3) is 0 Å². The number of benzene rings is 1. The number of rotatable bonds is 4. The molecule has 0 bridgehead atoms. The Hall–Kier alpha value is -1.22. The summed E-state index contributed by atoms with van der Waals surface area (Å²) >= 11 is 0. The fourth-order valence-corrected chi connectivity index (χ4v) is 1.65. The van der Waals surface area contributed by atoms with Crippen LogP contribution in [0.1, 0.15) is 32.3 Å². The van der Waals surface area contributed by atoms with Crippen molar-refractivity contribution in [2.45, 2.75) is 32.3 Å². The highest BCUT2D eigenvalue weighted by atomic mass is 16.5. The van der Waals surface area contributed by atoms with E-state index in [1.807, 2.05) is 13.8 Å². The third kappa shape index (κ3) is 2.23. The van der Waals surface area contributed by atoms with Crippen molar-refractivity contribution >= 4 is 0 Å². The molecule has 3 heteroatoms. The molecule has 15 heavy (non-hydrogen) atoms. The lowest BCUT2D eigenvalue weighted by molar-refractivity contribution is 0.0259. The van der Waals surface area contributed by atoms with Gasteiger partial charge in [-0.3, -0.25) is 0 Å². The Morgan fingerprint density at radius 2 is 1.87 bits per heavy atom. The molecule has 0 saturated carbocycles. The number of methoxy groups -OCH3 is 1. The molecular weight excluding hydrogens is 192 g/mol. The topological polar surface area (TPSA) is 49.7 Å². The second-order valence-electron chi connectivity index (χ2n) is 3.62. The van der Waals surface area contributed by atoms with Crippen LogP contribution in [-0.4, -0.2) is 17.3 Å². The van der Waals surface area contributed by atoms with E-state index in [0.717, 1.165) is 0 Å². The summed E-state index contributed by atoms with van der Waals surface area (Å²) in [5, 5.41) is 20.0. The summed E-state index contributed by atoms with van der Waals surface area (Å²) in [4.78, 5) is 0. The van der Waals surface area contributed by atoms with E-state index in [0.29, 0.717) is 24.2 Å². The smallest absolute Gasteiger partial charge is 0.121 e. The van der Waals surface area contributed by atoms with E-state index in [1.165, 1.54) is 0 Å². The van der Waals surface area contributed by atoms with Crippen LogP contribution < -0.4 is 4.74 Å². The van der Waals surface area contributed by atoms with Crippen molar-refractivity contribution in [3.63, 3.8) is 0 Å². The number of aromatic hydroxyl groups is 1. The molecule has 0 saturated heterocycles. The van der Waals surface area contributed by atoms with Gasteiger partial charge in [-0.1, -0.05) is 13.8 Å². The molecule has 0 spiro atoms. The van der Waals surface area contributed by atoms with Crippen molar-refractivity contribution < 1.29 is 14.9 Å². The highest BCUT2D eigenvalue weighted by Gasteiger charge is 2.28. The molecule has 1 aromatic rings. The highest BCUT2D eigenvalue weighted by Crippen LogP contribution is 2.36. The summed E-state index contributed by atoms with van der Waals surface area (Å²) in [6.07, 6.45) is 1.12. The predicted molar refractivity (Wildman–Crippen MR) is 59.1 cm³/mol. The van der Waals surface area contributed by atoms with Crippen LogP contribution in [0.4, 0.5) is 0 Å². The molecule has 0 amide bonds. The third-order valence-corrected chi connectivity index (χ3v) is 2.87. The van der Waals surface area contributed by atoms with Crippen LogP contribution in [0.5, 0.6) is 11.5 Å². The Bertz CT molecular complexity index is 330. The first-order chi connectivity index (χ1) is 7.07. The van der Waals surface area contributed by atoms with Gasteiger partial charge in [-0.2, -0.15) is 0 Å².